The number of rotatable bonds is 4. The number of imidazole rings is 1. The van der Waals surface area contributed by atoms with Crippen LogP contribution in [0.3, 0.4) is 0 Å². The van der Waals surface area contributed by atoms with Crippen molar-refractivity contribution in [2.24, 2.45) is 0 Å². The summed E-state index contributed by atoms with van der Waals surface area (Å²) in [6.07, 6.45) is 5.21. The SMILES string of the molecule is O=C(Cn1ccnc1)N1CC[C@@H](N2CCN(c3ccccc3F)CC2)[C@H](O)C1. The standard InChI is InChI=1S/C20H26FN5O2/c21-16-3-1-2-4-17(16)24-9-11-25(12-10-24)18-5-7-26(13-19(18)27)20(28)14-23-8-6-22-15-23/h1-4,6,8,15,18-19,27H,5,7,9-14H2/t18-,19-/m1/s1. The summed E-state index contributed by atoms with van der Waals surface area (Å²) >= 11 is 0. The lowest BCUT2D eigenvalue weighted by molar-refractivity contribution is -0.137. The lowest BCUT2D eigenvalue weighted by Gasteiger charge is -2.45. The van der Waals surface area contributed by atoms with Crippen LogP contribution in [0.25, 0.3) is 0 Å². The molecule has 4 rings (SSSR count). The molecule has 1 aromatic carbocycles. The van der Waals surface area contributed by atoms with Crippen molar-refractivity contribution in [2.75, 3.05) is 44.2 Å². The van der Waals surface area contributed by atoms with Crippen LogP contribution in [-0.4, -0.2) is 81.8 Å². The first kappa shape index (κ1) is 18.9. The molecule has 1 amide bonds. The van der Waals surface area contributed by atoms with Gasteiger partial charge in [-0.25, -0.2) is 9.37 Å². The number of likely N-dealkylation sites (tertiary alicyclic amines) is 1. The Kier molecular flexibility index (Phi) is 5.59. The summed E-state index contributed by atoms with van der Waals surface area (Å²) in [4.78, 5) is 22.5. The van der Waals surface area contributed by atoms with Crippen LogP contribution in [-0.2, 0) is 11.3 Å². The minimum Gasteiger partial charge on any atom is -0.390 e. The Morgan fingerprint density at radius 3 is 2.64 bits per heavy atom. The summed E-state index contributed by atoms with van der Waals surface area (Å²) in [6.45, 7) is 4.26. The van der Waals surface area contributed by atoms with Crippen LogP contribution in [0, 0.1) is 5.82 Å². The predicted molar refractivity (Wildman–Crippen MR) is 103 cm³/mol. The molecule has 0 bridgehead atoms. The first-order valence-corrected chi connectivity index (χ1v) is 9.77. The normalized spacial score (nSPS) is 23.8. The molecule has 2 atom stereocenters. The third-order valence-corrected chi connectivity index (χ3v) is 5.75. The maximum atomic E-state index is 14.0. The number of aliphatic hydroxyl groups excluding tert-OH is 1. The number of aromatic nitrogens is 2. The molecule has 2 aliphatic heterocycles. The number of carbonyl (C=O) groups excluding carboxylic acids is 1. The molecule has 2 saturated heterocycles. The first-order chi connectivity index (χ1) is 13.6. The summed E-state index contributed by atoms with van der Waals surface area (Å²) in [7, 11) is 0. The first-order valence-electron chi connectivity index (χ1n) is 9.77. The van der Waals surface area contributed by atoms with Gasteiger partial charge in [-0.3, -0.25) is 9.69 Å². The highest BCUT2D eigenvalue weighted by atomic mass is 19.1. The molecule has 0 aliphatic carbocycles. The zero-order chi connectivity index (χ0) is 19.5. The molecule has 7 nitrogen and oxygen atoms in total. The van der Waals surface area contributed by atoms with Crippen LogP contribution in [0.2, 0.25) is 0 Å². The van der Waals surface area contributed by atoms with Gasteiger partial charge >= 0.3 is 0 Å². The van der Waals surface area contributed by atoms with Crippen LogP contribution in [0.1, 0.15) is 6.42 Å². The largest absolute Gasteiger partial charge is 0.390 e. The summed E-state index contributed by atoms with van der Waals surface area (Å²) < 4.78 is 15.7. The number of hydrogen-bond acceptors (Lipinski definition) is 5. The molecule has 150 valence electrons. The number of benzene rings is 1. The Morgan fingerprint density at radius 1 is 1.18 bits per heavy atom. The van der Waals surface area contributed by atoms with Crippen LogP contribution in [0.5, 0.6) is 0 Å². The minimum absolute atomic E-state index is 0.000118. The average molecular weight is 387 g/mol. The highest BCUT2D eigenvalue weighted by molar-refractivity contribution is 5.76. The molecule has 1 aromatic heterocycles. The smallest absolute Gasteiger partial charge is 0.242 e. The van der Waals surface area contributed by atoms with Crippen molar-refractivity contribution < 1.29 is 14.3 Å². The number of carbonyl (C=O) groups is 1. The molecule has 0 radical (unpaired) electrons. The maximum Gasteiger partial charge on any atom is 0.242 e. The fourth-order valence-corrected chi connectivity index (χ4v) is 4.21. The zero-order valence-corrected chi connectivity index (χ0v) is 15.8. The van der Waals surface area contributed by atoms with E-state index in [-0.39, 0.29) is 24.3 Å². The van der Waals surface area contributed by atoms with Gasteiger partial charge in [-0.15, -0.1) is 0 Å². The number of amides is 1. The highest BCUT2D eigenvalue weighted by Gasteiger charge is 2.35. The molecule has 0 saturated carbocycles. The van der Waals surface area contributed by atoms with E-state index in [2.05, 4.69) is 14.8 Å². The fraction of sp³-hybridized carbons (Fsp3) is 0.500. The number of para-hydroxylation sites is 1. The summed E-state index contributed by atoms with van der Waals surface area (Å²) in [6, 6.07) is 6.89. The maximum absolute atomic E-state index is 14.0. The Morgan fingerprint density at radius 2 is 1.96 bits per heavy atom. The van der Waals surface area contributed by atoms with Crippen molar-refractivity contribution in [3.05, 3.63) is 48.8 Å². The molecular formula is C20H26FN5O2. The van der Waals surface area contributed by atoms with Gasteiger partial charge in [-0.1, -0.05) is 12.1 Å². The van der Waals surface area contributed by atoms with E-state index in [9.17, 15) is 14.3 Å². The van der Waals surface area contributed by atoms with Crippen LogP contribution >= 0.6 is 0 Å². The van der Waals surface area contributed by atoms with Crippen LogP contribution in [0.4, 0.5) is 10.1 Å². The van der Waals surface area contributed by atoms with Gasteiger partial charge in [0.25, 0.3) is 0 Å². The van der Waals surface area contributed by atoms with Gasteiger partial charge < -0.3 is 19.5 Å². The topological polar surface area (TPSA) is 64.8 Å². The minimum atomic E-state index is -0.569. The van der Waals surface area contributed by atoms with E-state index < -0.39 is 6.10 Å². The monoisotopic (exact) mass is 387 g/mol. The molecule has 1 N–H and O–H groups in total. The fourth-order valence-electron chi connectivity index (χ4n) is 4.21. The highest BCUT2D eigenvalue weighted by Crippen LogP contribution is 2.23. The van der Waals surface area contributed by atoms with Gasteiger partial charge in [0.15, 0.2) is 0 Å². The second-order valence-electron chi connectivity index (χ2n) is 7.47. The van der Waals surface area contributed by atoms with E-state index in [1.54, 1.807) is 34.3 Å². The second-order valence-corrected chi connectivity index (χ2v) is 7.47. The van der Waals surface area contributed by atoms with Crippen molar-refractivity contribution in [3.8, 4) is 0 Å². The van der Waals surface area contributed by atoms with Crippen LogP contribution < -0.4 is 4.90 Å². The number of anilines is 1. The van der Waals surface area contributed by atoms with Gasteiger partial charge in [-0.2, -0.15) is 0 Å². The molecule has 2 aliphatic rings. The van der Waals surface area contributed by atoms with Crippen LogP contribution in [0.15, 0.2) is 43.0 Å². The third-order valence-electron chi connectivity index (χ3n) is 5.75. The van der Waals surface area contributed by atoms with E-state index in [0.717, 1.165) is 32.6 Å². The van der Waals surface area contributed by atoms with Crippen molar-refractivity contribution in [3.63, 3.8) is 0 Å². The van der Waals surface area contributed by atoms with Gasteiger partial charge in [0.05, 0.1) is 18.1 Å². The number of β-amino-alcohol motifs (C(OH)–C–C–N with tert-alkyl or cyclic N) is 1. The molecule has 8 heteroatoms. The van der Waals surface area contributed by atoms with Gasteiger partial charge in [-0.05, 0) is 18.6 Å². The van der Waals surface area contributed by atoms with Crippen molar-refractivity contribution >= 4 is 11.6 Å². The second kappa shape index (κ2) is 8.28. The Balaban J connectivity index is 1.29. The van der Waals surface area contributed by atoms with Crippen molar-refractivity contribution in [2.45, 2.75) is 25.1 Å². The Labute approximate surface area is 164 Å². The summed E-state index contributed by atoms with van der Waals surface area (Å²) in [5.74, 6) is -0.194. The lowest BCUT2D eigenvalue weighted by Crippen LogP contribution is -2.59. The van der Waals surface area contributed by atoms with Crippen molar-refractivity contribution in [1.82, 2.24) is 19.4 Å². The number of nitrogens with zero attached hydrogens (tertiary/aromatic N) is 5. The van der Waals surface area contributed by atoms with E-state index >= 15 is 0 Å². The molecule has 0 unspecified atom stereocenters. The lowest BCUT2D eigenvalue weighted by atomic mass is 9.99. The predicted octanol–water partition coefficient (Wildman–Crippen LogP) is 0.806. The number of piperazine rings is 1. The molecule has 28 heavy (non-hydrogen) atoms. The third kappa shape index (κ3) is 4.02. The number of piperidine rings is 1. The molecular weight excluding hydrogens is 361 g/mol. The van der Waals surface area contributed by atoms with E-state index in [0.29, 0.717) is 18.8 Å². The summed E-state index contributed by atoms with van der Waals surface area (Å²) in [5, 5.41) is 10.7. The van der Waals surface area contributed by atoms with Gasteiger partial charge in [0, 0.05) is 57.7 Å². The molecule has 3 heterocycles. The quantitative estimate of drug-likeness (QED) is 0.841. The molecule has 2 aromatic rings. The van der Waals surface area contributed by atoms with E-state index in [1.807, 2.05) is 12.1 Å². The van der Waals surface area contributed by atoms with Gasteiger partial charge in [0.1, 0.15) is 12.4 Å². The number of aliphatic hydroxyl groups is 1. The van der Waals surface area contributed by atoms with Gasteiger partial charge in [0.2, 0.25) is 5.91 Å². The van der Waals surface area contributed by atoms with E-state index in [1.165, 1.54) is 6.07 Å². The Hall–Kier alpha value is -2.45. The molecule has 2 fully saturated rings. The zero-order valence-electron chi connectivity index (χ0n) is 15.8. The molecule has 0 spiro atoms. The number of halogens is 1. The summed E-state index contributed by atoms with van der Waals surface area (Å²) in [5.41, 5.74) is 0.641. The van der Waals surface area contributed by atoms with E-state index in [4.69, 9.17) is 0 Å². The average Bonchev–Trinajstić information content (AvgIpc) is 3.21. The number of hydrogen-bond donors (Lipinski definition) is 1. The van der Waals surface area contributed by atoms with Crippen molar-refractivity contribution in [1.29, 1.82) is 0 Å². The Bertz CT molecular complexity index is 792.